The zero-order chi connectivity index (χ0) is 19.6. The van der Waals surface area contributed by atoms with Gasteiger partial charge in [-0.05, 0) is 43.2 Å². The van der Waals surface area contributed by atoms with Gasteiger partial charge in [-0.1, -0.05) is 29.8 Å². The van der Waals surface area contributed by atoms with Gasteiger partial charge >= 0.3 is 5.97 Å². The molecule has 0 spiro atoms. The summed E-state index contributed by atoms with van der Waals surface area (Å²) in [5.41, 5.74) is 1.71. The van der Waals surface area contributed by atoms with Crippen LogP contribution in [0.4, 0.5) is 0 Å². The average molecular weight is 392 g/mol. The van der Waals surface area contributed by atoms with Crippen LogP contribution in [0.2, 0.25) is 5.02 Å². The predicted octanol–water partition coefficient (Wildman–Crippen LogP) is 3.59. The molecule has 0 heterocycles. The van der Waals surface area contributed by atoms with Crippen molar-refractivity contribution >= 4 is 23.5 Å². The van der Waals surface area contributed by atoms with Crippen LogP contribution < -0.4 is 14.8 Å². The number of carbonyl (C=O) groups excluding carboxylic acids is 1. The van der Waals surface area contributed by atoms with E-state index in [-0.39, 0.29) is 18.9 Å². The van der Waals surface area contributed by atoms with Crippen LogP contribution in [0.15, 0.2) is 42.5 Å². The molecule has 0 saturated carbocycles. The molecule has 2 aromatic carbocycles. The van der Waals surface area contributed by atoms with Gasteiger partial charge < -0.3 is 19.9 Å². The molecule has 0 atom stereocenters. The lowest BCUT2D eigenvalue weighted by Crippen LogP contribution is -2.28. The van der Waals surface area contributed by atoms with E-state index in [2.05, 4.69) is 5.32 Å². The molecule has 0 bridgehead atoms. The minimum atomic E-state index is -0.834. The highest BCUT2D eigenvalue weighted by Gasteiger charge is 2.07. The van der Waals surface area contributed by atoms with E-state index in [0.29, 0.717) is 36.1 Å². The van der Waals surface area contributed by atoms with E-state index in [0.717, 1.165) is 11.1 Å². The maximum absolute atomic E-state index is 11.9. The second kappa shape index (κ2) is 10.4. The lowest BCUT2D eigenvalue weighted by atomic mass is 10.2. The first-order valence-corrected chi connectivity index (χ1v) is 8.91. The van der Waals surface area contributed by atoms with Gasteiger partial charge in [-0.2, -0.15) is 0 Å². The molecule has 0 saturated heterocycles. The van der Waals surface area contributed by atoms with E-state index < -0.39 is 5.97 Å². The van der Waals surface area contributed by atoms with E-state index in [1.165, 1.54) is 0 Å². The van der Waals surface area contributed by atoms with Crippen molar-refractivity contribution in [2.45, 2.75) is 26.3 Å². The minimum absolute atomic E-state index is 0.0842. The molecule has 2 N–H and O–H groups in total. The molecular formula is C20H22ClNO5. The highest BCUT2D eigenvalue weighted by molar-refractivity contribution is 6.31. The number of nitrogens with one attached hydrogen (secondary N) is 1. The van der Waals surface area contributed by atoms with Crippen LogP contribution >= 0.6 is 11.6 Å². The number of hydrogen-bond acceptors (Lipinski definition) is 4. The molecule has 0 aromatic heterocycles. The van der Waals surface area contributed by atoms with E-state index in [4.69, 9.17) is 26.2 Å². The number of benzene rings is 2. The molecule has 7 heteroatoms. The Morgan fingerprint density at radius 1 is 1.11 bits per heavy atom. The van der Waals surface area contributed by atoms with Crippen LogP contribution in [0.3, 0.4) is 0 Å². The lowest BCUT2D eigenvalue weighted by molar-refractivity contribution is -0.137. The van der Waals surface area contributed by atoms with E-state index in [1.54, 1.807) is 30.3 Å². The van der Waals surface area contributed by atoms with E-state index in [1.807, 2.05) is 19.1 Å². The molecule has 1 amide bonds. The summed E-state index contributed by atoms with van der Waals surface area (Å²) in [6, 6.07) is 12.6. The quantitative estimate of drug-likeness (QED) is 0.604. The van der Waals surface area contributed by atoms with Crippen molar-refractivity contribution in [3.63, 3.8) is 0 Å². The topological polar surface area (TPSA) is 84.9 Å². The first-order chi connectivity index (χ1) is 13.0. The number of carboxylic acids is 1. The Bertz CT molecular complexity index is 776. The van der Waals surface area contributed by atoms with Crippen LogP contribution in [-0.4, -0.2) is 30.2 Å². The van der Waals surface area contributed by atoms with Gasteiger partial charge in [0.2, 0.25) is 0 Å². The molecular weight excluding hydrogens is 370 g/mol. The van der Waals surface area contributed by atoms with Crippen LogP contribution in [0, 0.1) is 6.92 Å². The summed E-state index contributed by atoms with van der Waals surface area (Å²) in [6.07, 6.45) is 0.542. The van der Waals surface area contributed by atoms with Crippen molar-refractivity contribution in [2.24, 2.45) is 0 Å². The molecule has 2 rings (SSSR count). The first-order valence-electron chi connectivity index (χ1n) is 8.54. The number of ether oxygens (including phenoxy) is 2. The highest BCUT2D eigenvalue weighted by atomic mass is 35.5. The highest BCUT2D eigenvalue weighted by Crippen LogP contribution is 2.24. The zero-order valence-electron chi connectivity index (χ0n) is 15.0. The Balaban J connectivity index is 1.71. The van der Waals surface area contributed by atoms with Crippen molar-refractivity contribution in [3.8, 4) is 11.5 Å². The predicted molar refractivity (Wildman–Crippen MR) is 102 cm³/mol. The Hall–Kier alpha value is -2.73. The van der Waals surface area contributed by atoms with E-state index in [9.17, 15) is 9.59 Å². The van der Waals surface area contributed by atoms with Crippen molar-refractivity contribution in [1.82, 2.24) is 5.32 Å². The number of rotatable bonds is 10. The smallest absolute Gasteiger partial charge is 0.303 e. The number of aliphatic carboxylic acids is 1. The van der Waals surface area contributed by atoms with Gasteiger partial charge in [-0.25, -0.2) is 0 Å². The van der Waals surface area contributed by atoms with Gasteiger partial charge in [0.05, 0.1) is 6.61 Å². The molecule has 0 aliphatic rings. The number of hydrogen-bond donors (Lipinski definition) is 2. The van der Waals surface area contributed by atoms with Crippen molar-refractivity contribution < 1.29 is 24.2 Å². The molecule has 144 valence electrons. The van der Waals surface area contributed by atoms with Gasteiger partial charge in [0, 0.05) is 23.6 Å². The Morgan fingerprint density at radius 2 is 1.85 bits per heavy atom. The van der Waals surface area contributed by atoms with Crippen LogP contribution in [0.25, 0.3) is 0 Å². The first kappa shape index (κ1) is 20.6. The molecule has 0 fully saturated rings. The normalized spacial score (nSPS) is 10.3. The summed E-state index contributed by atoms with van der Waals surface area (Å²) in [6.45, 7) is 2.46. The van der Waals surface area contributed by atoms with Crippen molar-refractivity contribution in [2.75, 3.05) is 13.2 Å². The Labute approximate surface area is 163 Å². The molecule has 0 radical (unpaired) electrons. The summed E-state index contributed by atoms with van der Waals surface area (Å²) >= 11 is 6.02. The largest absolute Gasteiger partial charge is 0.494 e. The number of carboxylic acid groups (broad SMARTS) is 1. The van der Waals surface area contributed by atoms with Gasteiger partial charge in [-0.3, -0.25) is 9.59 Å². The summed E-state index contributed by atoms with van der Waals surface area (Å²) in [5.74, 6) is 0.180. The maximum Gasteiger partial charge on any atom is 0.303 e. The third-order valence-corrected chi connectivity index (χ3v) is 4.20. The average Bonchev–Trinajstić information content (AvgIpc) is 2.65. The number of amides is 1. The van der Waals surface area contributed by atoms with Crippen LogP contribution in [-0.2, 0) is 16.1 Å². The van der Waals surface area contributed by atoms with Crippen LogP contribution in [0.5, 0.6) is 11.5 Å². The van der Waals surface area contributed by atoms with Gasteiger partial charge in [0.1, 0.15) is 11.5 Å². The third kappa shape index (κ3) is 7.19. The molecule has 6 nitrogen and oxygen atoms in total. The van der Waals surface area contributed by atoms with Gasteiger partial charge in [-0.15, -0.1) is 0 Å². The van der Waals surface area contributed by atoms with E-state index >= 15 is 0 Å². The summed E-state index contributed by atoms with van der Waals surface area (Å²) in [5, 5.41) is 12.0. The summed E-state index contributed by atoms with van der Waals surface area (Å²) in [4.78, 5) is 22.4. The molecule has 27 heavy (non-hydrogen) atoms. The van der Waals surface area contributed by atoms with Gasteiger partial charge in [0.15, 0.2) is 6.61 Å². The molecule has 2 aromatic rings. The van der Waals surface area contributed by atoms with Crippen molar-refractivity contribution in [3.05, 3.63) is 58.6 Å². The van der Waals surface area contributed by atoms with Crippen molar-refractivity contribution in [1.29, 1.82) is 0 Å². The number of carbonyl (C=O) groups is 2. The van der Waals surface area contributed by atoms with Crippen LogP contribution in [0.1, 0.15) is 24.0 Å². The second-order valence-corrected chi connectivity index (χ2v) is 6.33. The standard InChI is InChI=1S/C20H22ClNO5/c1-14-17(21)4-2-5-18(14)27-13-19(23)22-12-15-7-9-16(10-8-15)26-11-3-6-20(24)25/h2,4-5,7-10H,3,6,11-13H2,1H3,(H,22,23)(H,24,25). The molecule has 0 aliphatic carbocycles. The Kier molecular flexibility index (Phi) is 7.95. The fourth-order valence-electron chi connectivity index (χ4n) is 2.26. The number of halogens is 1. The fourth-order valence-corrected chi connectivity index (χ4v) is 2.42. The summed E-state index contributed by atoms with van der Waals surface area (Å²) in [7, 11) is 0. The zero-order valence-corrected chi connectivity index (χ0v) is 15.8. The maximum atomic E-state index is 11.9. The minimum Gasteiger partial charge on any atom is -0.494 e. The molecule has 0 aliphatic heterocycles. The third-order valence-electron chi connectivity index (χ3n) is 3.79. The lowest BCUT2D eigenvalue weighted by Gasteiger charge is -2.11. The second-order valence-electron chi connectivity index (χ2n) is 5.92. The monoisotopic (exact) mass is 391 g/mol. The SMILES string of the molecule is Cc1c(Cl)cccc1OCC(=O)NCc1ccc(OCCCC(=O)O)cc1. The summed E-state index contributed by atoms with van der Waals surface area (Å²) < 4.78 is 11.0. The molecule has 0 unspecified atom stereocenters. The Morgan fingerprint density at radius 3 is 2.56 bits per heavy atom. The van der Waals surface area contributed by atoms with Gasteiger partial charge in [0.25, 0.3) is 5.91 Å². The fraction of sp³-hybridized carbons (Fsp3) is 0.300.